The summed E-state index contributed by atoms with van der Waals surface area (Å²) < 4.78 is 0. The predicted molar refractivity (Wildman–Crippen MR) is 49.7 cm³/mol. The summed E-state index contributed by atoms with van der Waals surface area (Å²) in [5.74, 6) is -0.0288. The topological polar surface area (TPSA) is 74.6 Å². The van der Waals surface area contributed by atoms with E-state index in [1.54, 1.807) is 0 Å². The van der Waals surface area contributed by atoms with Crippen LogP contribution in [0.2, 0.25) is 0 Å². The Bertz CT molecular complexity index is 304. The first-order valence-electron chi connectivity index (χ1n) is 3.50. The molecule has 0 fully saturated rings. The van der Waals surface area contributed by atoms with E-state index in [-0.39, 0.29) is 7.39 Å². The quantitative estimate of drug-likeness (QED) is 0.372. The largest absolute Gasteiger partial charge is 0.366 e. The molecule has 0 saturated carbocycles. The van der Waals surface area contributed by atoms with Gasteiger partial charge in [0.15, 0.2) is 0 Å². The first kappa shape index (κ1) is 8.39. The lowest BCUT2D eigenvalue weighted by Crippen LogP contribution is -2.05. The maximum Gasteiger partial charge on any atom is 0.239 e. The summed E-state index contributed by atoms with van der Waals surface area (Å²) in [5, 5.41) is 2.98. The second-order valence-corrected chi connectivity index (χ2v) is 2.42. The van der Waals surface area contributed by atoms with E-state index in [1.165, 1.54) is 0 Å². The SMILES string of the molecule is Cc1ccc(N=C(N)N=N)cc1.[HH]. The lowest BCUT2D eigenvalue weighted by Gasteiger charge is -1.94. The van der Waals surface area contributed by atoms with E-state index in [1.807, 2.05) is 31.2 Å². The van der Waals surface area contributed by atoms with Gasteiger partial charge >= 0.3 is 0 Å². The maximum absolute atomic E-state index is 6.57. The molecule has 4 nitrogen and oxygen atoms in total. The van der Waals surface area contributed by atoms with Crippen molar-refractivity contribution in [3.8, 4) is 0 Å². The van der Waals surface area contributed by atoms with Gasteiger partial charge < -0.3 is 5.73 Å². The molecule has 0 saturated heterocycles. The Labute approximate surface area is 72.1 Å². The maximum atomic E-state index is 6.57. The summed E-state index contributed by atoms with van der Waals surface area (Å²) in [6.45, 7) is 1.99. The number of rotatable bonds is 1. The van der Waals surface area contributed by atoms with Crippen molar-refractivity contribution in [2.45, 2.75) is 6.92 Å². The molecule has 0 amide bonds. The van der Waals surface area contributed by atoms with Gasteiger partial charge in [-0.15, -0.1) is 5.11 Å². The van der Waals surface area contributed by atoms with Crippen molar-refractivity contribution in [3.05, 3.63) is 29.8 Å². The van der Waals surface area contributed by atoms with Gasteiger partial charge in [-0.05, 0) is 19.1 Å². The molecular formula is C8H12N4. The average molecular weight is 164 g/mol. The van der Waals surface area contributed by atoms with Crippen molar-refractivity contribution in [3.63, 3.8) is 0 Å². The lowest BCUT2D eigenvalue weighted by molar-refractivity contribution is 1.16. The molecule has 0 atom stereocenters. The predicted octanol–water partition coefficient (Wildman–Crippen LogP) is 2.22. The molecule has 0 spiro atoms. The van der Waals surface area contributed by atoms with Crippen LogP contribution in [0.1, 0.15) is 6.99 Å². The van der Waals surface area contributed by atoms with Crippen LogP contribution in [-0.4, -0.2) is 5.96 Å². The molecule has 4 heteroatoms. The summed E-state index contributed by atoms with van der Waals surface area (Å²) in [4.78, 5) is 3.86. The summed E-state index contributed by atoms with van der Waals surface area (Å²) in [6, 6.07) is 7.51. The van der Waals surface area contributed by atoms with Gasteiger partial charge in [-0.3, -0.25) is 0 Å². The monoisotopic (exact) mass is 164 g/mol. The molecule has 0 heterocycles. The first-order valence-corrected chi connectivity index (χ1v) is 3.50. The van der Waals surface area contributed by atoms with Crippen LogP contribution in [0.3, 0.4) is 0 Å². The molecular weight excluding hydrogens is 152 g/mol. The molecule has 0 unspecified atom stereocenters. The molecule has 0 aliphatic carbocycles. The average Bonchev–Trinajstić information content (AvgIpc) is 2.09. The van der Waals surface area contributed by atoms with E-state index in [9.17, 15) is 0 Å². The number of nitrogens with zero attached hydrogens (tertiary/aromatic N) is 2. The molecule has 3 N–H and O–H groups in total. The molecule has 0 aromatic heterocycles. The van der Waals surface area contributed by atoms with Crippen LogP contribution in [0, 0.1) is 12.5 Å². The minimum absolute atomic E-state index is 0. The van der Waals surface area contributed by atoms with Gasteiger partial charge in [0.05, 0.1) is 5.69 Å². The number of aryl methyl sites for hydroxylation is 1. The highest BCUT2D eigenvalue weighted by atomic mass is 15.1. The summed E-state index contributed by atoms with van der Waals surface area (Å²) in [5.41, 5.74) is 13.7. The van der Waals surface area contributed by atoms with Gasteiger partial charge in [0.25, 0.3) is 0 Å². The molecule has 1 aromatic rings. The Morgan fingerprint density at radius 3 is 2.50 bits per heavy atom. The molecule has 1 aromatic carbocycles. The third kappa shape index (κ3) is 2.16. The number of nitrogens with two attached hydrogens (primary N) is 1. The van der Waals surface area contributed by atoms with E-state index in [0.29, 0.717) is 5.69 Å². The third-order valence-corrected chi connectivity index (χ3v) is 1.39. The zero-order valence-electron chi connectivity index (χ0n) is 6.78. The van der Waals surface area contributed by atoms with Crippen LogP contribution < -0.4 is 5.73 Å². The Morgan fingerprint density at radius 1 is 1.42 bits per heavy atom. The minimum Gasteiger partial charge on any atom is -0.366 e. The standard InChI is InChI=1S/C8H10N4.H2/c1-6-2-4-7(5-3-6)11-8(9)12-10;/h2-5,10H,1H3,(H2,9,11);1H. The van der Waals surface area contributed by atoms with Crippen molar-refractivity contribution in [2.75, 3.05) is 0 Å². The Morgan fingerprint density at radius 2 is 2.00 bits per heavy atom. The van der Waals surface area contributed by atoms with Crippen molar-refractivity contribution < 1.29 is 1.43 Å². The zero-order chi connectivity index (χ0) is 8.97. The van der Waals surface area contributed by atoms with Crippen LogP contribution in [0.4, 0.5) is 5.69 Å². The van der Waals surface area contributed by atoms with Gasteiger partial charge in [-0.25, -0.2) is 10.5 Å². The molecule has 0 aliphatic heterocycles. The van der Waals surface area contributed by atoms with Crippen molar-refractivity contribution in [1.29, 1.82) is 5.53 Å². The van der Waals surface area contributed by atoms with Gasteiger partial charge in [-0.1, -0.05) is 17.7 Å². The fraction of sp³-hybridized carbons (Fsp3) is 0.125. The van der Waals surface area contributed by atoms with E-state index in [0.717, 1.165) is 5.56 Å². The van der Waals surface area contributed by atoms with Gasteiger partial charge in [-0.2, -0.15) is 0 Å². The van der Waals surface area contributed by atoms with Crippen LogP contribution in [0.25, 0.3) is 0 Å². The Kier molecular flexibility index (Phi) is 2.53. The summed E-state index contributed by atoms with van der Waals surface area (Å²) in [7, 11) is 0. The minimum atomic E-state index is -0.0288. The van der Waals surface area contributed by atoms with Gasteiger partial charge in [0.2, 0.25) is 5.96 Å². The smallest absolute Gasteiger partial charge is 0.239 e. The van der Waals surface area contributed by atoms with Crippen LogP contribution in [0.5, 0.6) is 0 Å². The highest BCUT2D eigenvalue weighted by Crippen LogP contribution is 2.11. The molecule has 0 radical (unpaired) electrons. The summed E-state index contributed by atoms with van der Waals surface area (Å²) in [6.07, 6.45) is 0. The van der Waals surface area contributed by atoms with Crippen LogP contribution in [-0.2, 0) is 0 Å². The molecule has 0 aliphatic rings. The van der Waals surface area contributed by atoms with E-state index >= 15 is 0 Å². The highest BCUT2D eigenvalue weighted by molar-refractivity contribution is 5.80. The number of hydrogen-bond acceptors (Lipinski definition) is 2. The van der Waals surface area contributed by atoms with Crippen molar-refractivity contribution >= 4 is 11.6 Å². The number of nitrogens with one attached hydrogen (secondary N) is 1. The molecule has 1 rings (SSSR count). The van der Waals surface area contributed by atoms with Gasteiger partial charge in [0.1, 0.15) is 0 Å². The number of benzene rings is 1. The van der Waals surface area contributed by atoms with E-state index < -0.39 is 0 Å². The Hall–Kier alpha value is -1.71. The van der Waals surface area contributed by atoms with Crippen LogP contribution >= 0.6 is 0 Å². The molecule has 0 bridgehead atoms. The Balaban J connectivity index is 0.00000144. The van der Waals surface area contributed by atoms with E-state index in [2.05, 4.69) is 10.1 Å². The first-order chi connectivity index (χ1) is 5.72. The fourth-order valence-corrected chi connectivity index (χ4v) is 0.777. The summed E-state index contributed by atoms with van der Waals surface area (Å²) >= 11 is 0. The highest BCUT2D eigenvalue weighted by Gasteiger charge is 1.89. The normalized spacial score (nSPS) is 11.2. The molecule has 12 heavy (non-hydrogen) atoms. The third-order valence-electron chi connectivity index (χ3n) is 1.39. The zero-order valence-corrected chi connectivity index (χ0v) is 6.78. The van der Waals surface area contributed by atoms with Crippen molar-refractivity contribution in [2.24, 2.45) is 15.8 Å². The van der Waals surface area contributed by atoms with Crippen molar-refractivity contribution in [1.82, 2.24) is 0 Å². The van der Waals surface area contributed by atoms with Crippen LogP contribution in [0.15, 0.2) is 34.4 Å². The number of hydrogen-bond donors (Lipinski definition) is 2. The lowest BCUT2D eigenvalue weighted by atomic mass is 10.2. The fourth-order valence-electron chi connectivity index (χ4n) is 0.777. The second-order valence-electron chi connectivity index (χ2n) is 2.42. The van der Waals surface area contributed by atoms with Gasteiger partial charge in [0, 0.05) is 1.43 Å². The molecule has 64 valence electrons. The number of aliphatic imine (C=N–C) groups is 1. The number of guanidine groups is 1. The second kappa shape index (κ2) is 3.61. The van der Waals surface area contributed by atoms with E-state index in [4.69, 9.17) is 11.3 Å².